The number of hydrogen-bond acceptors (Lipinski definition) is 5. The number of likely N-dealkylation sites (tertiary alicyclic amines) is 1. The molecule has 3 heterocycles. The molecule has 1 atom stereocenters. The highest BCUT2D eigenvalue weighted by atomic mass is 16.7. The molecule has 0 bridgehead atoms. The van der Waals surface area contributed by atoms with Gasteiger partial charge in [0.1, 0.15) is 11.4 Å². The first-order chi connectivity index (χ1) is 13.9. The quantitative estimate of drug-likeness (QED) is 0.710. The van der Waals surface area contributed by atoms with Crippen molar-refractivity contribution < 1.29 is 19.0 Å². The minimum Gasteiger partial charge on any atom is -0.444 e. The Balaban J connectivity index is 1.54. The molecule has 1 aromatic heterocycles. The van der Waals surface area contributed by atoms with E-state index in [4.69, 9.17) is 19.2 Å². The molecular weight excluding hydrogens is 370 g/mol. The summed E-state index contributed by atoms with van der Waals surface area (Å²) in [5.41, 5.74) is 0.658. The van der Waals surface area contributed by atoms with E-state index in [0.29, 0.717) is 25.6 Å². The number of carbonyl (C=O) groups is 1. The molecular formula is C22H37N3O4. The van der Waals surface area contributed by atoms with Crippen LogP contribution >= 0.6 is 0 Å². The van der Waals surface area contributed by atoms with Crippen molar-refractivity contribution in [2.45, 2.75) is 90.6 Å². The molecule has 0 N–H and O–H groups in total. The van der Waals surface area contributed by atoms with Crippen LogP contribution in [0.2, 0.25) is 0 Å². The molecule has 7 nitrogen and oxygen atoms in total. The molecule has 2 fully saturated rings. The number of imidazole rings is 1. The highest BCUT2D eigenvalue weighted by Gasteiger charge is 2.29. The van der Waals surface area contributed by atoms with Crippen LogP contribution in [0.3, 0.4) is 0 Å². The maximum atomic E-state index is 12.3. The summed E-state index contributed by atoms with van der Waals surface area (Å²) in [6.45, 7) is 11.5. The predicted octanol–water partition coefficient (Wildman–Crippen LogP) is 4.10. The Bertz CT molecular complexity index is 654. The van der Waals surface area contributed by atoms with Crippen molar-refractivity contribution in [3.63, 3.8) is 0 Å². The summed E-state index contributed by atoms with van der Waals surface area (Å²) in [6.07, 6.45) is 7.92. The van der Waals surface area contributed by atoms with Gasteiger partial charge in [-0.2, -0.15) is 0 Å². The number of ether oxygens (including phenoxy) is 3. The number of aromatic nitrogens is 2. The van der Waals surface area contributed by atoms with Crippen molar-refractivity contribution in [1.82, 2.24) is 14.5 Å². The summed E-state index contributed by atoms with van der Waals surface area (Å²) in [5, 5.41) is 0. The van der Waals surface area contributed by atoms with Crippen LogP contribution in [0.4, 0.5) is 4.79 Å². The zero-order valence-corrected chi connectivity index (χ0v) is 18.5. The molecule has 2 aliphatic rings. The van der Waals surface area contributed by atoms with Crippen LogP contribution in [0.25, 0.3) is 0 Å². The number of carbonyl (C=O) groups excluding carboxylic acids is 1. The number of amides is 1. The minimum absolute atomic E-state index is 0.0570. The Morgan fingerprint density at radius 3 is 2.62 bits per heavy atom. The third kappa shape index (κ3) is 6.44. The van der Waals surface area contributed by atoms with E-state index in [1.807, 2.05) is 25.7 Å². The fraction of sp³-hybridized carbons (Fsp3) is 0.818. The lowest BCUT2D eigenvalue weighted by molar-refractivity contribution is -0.163. The van der Waals surface area contributed by atoms with Gasteiger partial charge >= 0.3 is 6.09 Å². The van der Waals surface area contributed by atoms with Crippen molar-refractivity contribution in [3.05, 3.63) is 17.7 Å². The number of hydrogen-bond donors (Lipinski definition) is 0. The fourth-order valence-corrected chi connectivity index (χ4v) is 3.93. The normalized spacial score (nSPS) is 21.4. The van der Waals surface area contributed by atoms with Gasteiger partial charge in [0.05, 0.1) is 12.3 Å². The number of nitrogens with zero attached hydrogens (tertiary/aromatic N) is 3. The van der Waals surface area contributed by atoms with Crippen molar-refractivity contribution >= 4 is 6.09 Å². The Morgan fingerprint density at radius 2 is 2.00 bits per heavy atom. The zero-order chi connectivity index (χ0) is 20.9. The third-order valence-corrected chi connectivity index (χ3v) is 5.51. The summed E-state index contributed by atoms with van der Waals surface area (Å²) >= 11 is 0. The van der Waals surface area contributed by atoms with Gasteiger partial charge in [-0.25, -0.2) is 9.78 Å². The van der Waals surface area contributed by atoms with Gasteiger partial charge in [0.2, 0.25) is 0 Å². The van der Waals surface area contributed by atoms with Crippen molar-refractivity contribution in [2.24, 2.45) is 0 Å². The van der Waals surface area contributed by atoms with Gasteiger partial charge in [-0.3, -0.25) is 0 Å². The van der Waals surface area contributed by atoms with Crippen LogP contribution in [-0.2, 0) is 27.2 Å². The summed E-state index contributed by atoms with van der Waals surface area (Å²) in [4.78, 5) is 19.0. The molecule has 1 amide bonds. The minimum atomic E-state index is -0.456. The standard InChI is InChI=1S/C22H37N3O4/c1-5-18-16-25(13-15-28-19-8-6-7-14-27-19)20(23-18)17-9-11-24(12-10-17)21(26)29-22(2,3)4/h16-17,19H,5-15H2,1-4H3. The number of aryl methyl sites for hydroxylation is 1. The Labute approximate surface area is 174 Å². The van der Waals surface area contributed by atoms with E-state index in [2.05, 4.69) is 17.7 Å². The van der Waals surface area contributed by atoms with Crippen molar-refractivity contribution in [2.75, 3.05) is 26.3 Å². The van der Waals surface area contributed by atoms with Gasteiger partial charge in [0.25, 0.3) is 0 Å². The third-order valence-electron chi connectivity index (χ3n) is 5.51. The summed E-state index contributed by atoms with van der Waals surface area (Å²) in [7, 11) is 0. The molecule has 0 aliphatic carbocycles. The average Bonchev–Trinajstić information content (AvgIpc) is 3.11. The molecule has 0 aromatic carbocycles. The monoisotopic (exact) mass is 407 g/mol. The Morgan fingerprint density at radius 1 is 1.24 bits per heavy atom. The maximum Gasteiger partial charge on any atom is 0.410 e. The first kappa shape index (κ1) is 22.1. The second-order valence-electron chi connectivity index (χ2n) is 9.05. The van der Waals surface area contributed by atoms with E-state index < -0.39 is 5.60 Å². The van der Waals surface area contributed by atoms with E-state index >= 15 is 0 Å². The van der Waals surface area contributed by atoms with Crippen LogP contribution in [0.1, 0.15) is 77.2 Å². The van der Waals surface area contributed by atoms with E-state index in [0.717, 1.165) is 56.8 Å². The lowest BCUT2D eigenvalue weighted by Crippen LogP contribution is -2.41. The topological polar surface area (TPSA) is 65.8 Å². The summed E-state index contributed by atoms with van der Waals surface area (Å²) in [6, 6.07) is 0. The van der Waals surface area contributed by atoms with E-state index in [-0.39, 0.29) is 12.4 Å². The average molecular weight is 408 g/mol. The van der Waals surface area contributed by atoms with Crippen molar-refractivity contribution in [1.29, 1.82) is 0 Å². The fourth-order valence-electron chi connectivity index (χ4n) is 3.93. The van der Waals surface area contributed by atoms with Crippen LogP contribution in [0.15, 0.2) is 6.20 Å². The smallest absolute Gasteiger partial charge is 0.410 e. The molecule has 2 aliphatic heterocycles. The largest absolute Gasteiger partial charge is 0.444 e. The van der Waals surface area contributed by atoms with Crippen LogP contribution in [0, 0.1) is 0 Å². The summed E-state index contributed by atoms with van der Waals surface area (Å²) < 4.78 is 19.3. The molecule has 0 radical (unpaired) electrons. The Kier molecular flexibility index (Phi) is 7.57. The van der Waals surface area contributed by atoms with E-state index in [1.54, 1.807) is 0 Å². The van der Waals surface area contributed by atoms with E-state index in [9.17, 15) is 4.79 Å². The zero-order valence-electron chi connectivity index (χ0n) is 18.5. The maximum absolute atomic E-state index is 12.3. The van der Waals surface area contributed by atoms with E-state index in [1.165, 1.54) is 6.42 Å². The van der Waals surface area contributed by atoms with Gasteiger partial charge in [0, 0.05) is 38.4 Å². The molecule has 7 heteroatoms. The first-order valence-corrected chi connectivity index (χ1v) is 11.1. The van der Waals surface area contributed by atoms with Crippen LogP contribution in [-0.4, -0.2) is 58.7 Å². The molecule has 29 heavy (non-hydrogen) atoms. The molecule has 164 valence electrons. The second-order valence-corrected chi connectivity index (χ2v) is 9.05. The molecule has 2 saturated heterocycles. The van der Waals surface area contributed by atoms with Gasteiger partial charge in [-0.1, -0.05) is 6.92 Å². The van der Waals surface area contributed by atoms with Gasteiger partial charge in [-0.05, 0) is 59.3 Å². The van der Waals surface area contributed by atoms with Crippen LogP contribution in [0.5, 0.6) is 0 Å². The number of piperidine rings is 1. The van der Waals surface area contributed by atoms with Gasteiger partial charge in [0.15, 0.2) is 6.29 Å². The molecule has 3 rings (SSSR count). The highest BCUT2D eigenvalue weighted by molar-refractivity contribution is 5.68. The van der Waals surface area contributed by atoms with Crippen LogP contribution < -0.4 is 0 Å². The first-order valence-electron chi connectivity index (χ1n) is 11.1. The molecule has 1 aromatic rings. The SMILES string of the molecule is CCc1cn(CCOC2CCCCO2)c(C2CCN(C(=O)OC(C)(C)C)CC2)n1. The number of rotatable bonds is 6. The lowest BCUT2D eigenvalue weighted by atomic mass is 9.96. The Hall–Kier alpha value is -1.60. The summed E-state index contributed by atoms with van der Waals surface area (Å²) in [5.74, 6) is 1.48. The lowest BCUT2D eigenvalue weighted by Gasteiger charge is -2.33. The highest BCUT2D eigenvalue weighted by Crippen LogP contribution is 2.29. The van der Waals surface area contributed by atoms with Gasteiger partial charge < -0.3 is 23.7 Å². The molecule has 0 saturated carbocycles. The second kappa shape index (κ2) is 9.94. The molecule has 0 spiro atoms. The molecule has 1 unspecified atom stereocenters. The predicted molar refractivity (Wildman–Crippen MR) is 111 cm³/mol. The van der Waals surface area contributed by atoms with Crippen molar-refractivity contribution in [3.8, 4) is 0 Å². The van der Waals surface area contributed by atoms with Gasteiger partial charge in [-0.15, -0.1) is 0 Å².